The van der Waals surface area contributed by atoms with Gasteiger partial charge in [0.15, 0.2) is 0 Å². The van der Waals surface area contributed by atoms with Crippen molar-refractivity contribution in [1.82, 2.24) is 9.88 Å². The standard InChI is InChI=1S/C20H20ClN3O2S2/c1-4-24(5-2)20(26)13-7-6-8-14(11-13)23-18(25)17-12(3)22-19(28-17)15-9-10-16(21)27-15/h6-11H,4-5H2,1-3H3,(H,23,25). The molecule has 146 valence electrons. The summed E-state index contributed by atoms with van der Waals surface area (Å²) in [6.45, 7) is 6.98. The van der Waals surface area contributed by atoms with Gasteiger partial charge in [0.1, 0.15) is 9.88 Å². The van der Waals surface area contributed by atoms with Gasteiger partial charge in [0.25, 0.3) is 11.8 Å². The SMILES string of the molecule is CCN(CC)C(=O)c1cccc(NC(=O)c2sc(-c3ccc(Cl)s3)nc2C)c1. The molecule has 0 saturated carbocycles. The van der Waals surface area contributed by atoms with Gasteiger partial charge in [-0.3, -0.25) is 9.59 Å². The quantitative estimate of drug-likeness (QED) is 0.552. The number of carbonyl (C=O) groups is 2. The van der Waals surface area contributed by atoms with Crippen molar-refractivity contribution in [3.8, 4) is 9.88 Å². The van der Waals surface area contributed by atoms with Crippen LogP contribution in [0.3, 0.4) is 0 Å². The summed E-state index contributed by atoms with van der Waals surface area (Å²) < 4.78 is 0.684. The number of hydrogen-bond acceptors (Lipinski definition) is 5. The third-order valence-electron chi connectivity index (χ3n) is 4.20. The van der Waals surface area contributed by atoms with E-state index in [1.807, 2.05) is 32.9 Å². The number of nitrogens with zero attached hydrogens (tertiary/aromatic N) is 2. The number of rotatable bonds is 6. The van der Waals surface area contributed by atoms with E-state index in [0.29, 0.717) is 39.2 Å². The van der Waals surface area contributed by atoms with Crippen molar-refractivity contribution in [1.29, 1.82) is 0 Å². The van der Waals surface area contributed by atoms with Crippen LogP contribution in [0.15, 0.2) is 36.4 Å². The van der Waals surface area contributed by atoms with E-state index in [0.717, 1.165) is 9.88 Å². The van der Waals surface area contributed by atoms with E-state index < -0.39 is 0 Å². The fraction of sp³-hybridized carbons (Fsp3) is 0.250. The Hall–Kier alpha value is -2.22. The lowest BCUT2D eigenvalue weighted by molar-refractivity contribution is 0.0772. The number of halogens is 1. The van der Waals surface area contributed by atoms with Gasteiger partial charge < -0.3 is 10.2 Å². The molecule has 8 heteroatoms. The molecule has 3 aromatic rings. The molecular weight excluding hydrogens is 414 g/mol. The van der Waals surface area contributed by atoms with Crippen molar-refractivity contribution in [3.05, 3.63) is 56.9 Å². The third kappa shape index (κ3) is 4.43. The second kappa shape index (κ2) is 8.86. The Morgan fingerprint density at radius 2 is 1.89 bits per heavy atom. The average Bonchev–Trinajstić information content (AvgIpc) is 3.28. The van der Waals surface area contributed by atoms with E-state index in [-0.39, 0.29) is 11.8 Å². The number of nitrogens with one attached hydrogen (secondary N) is 1. The van der Waals surface area contributed by atoms with E-state index in [1.54, 1.807) is 29.2 Å². The summed E-state index contributed by atoms with van der Waals surface area (Å²) in [4.78, 5) is 33.0. The molecule has 0 aliphatic rings. The number of benzene rings is 1. The molecule has 0 unspecified atom stereocenters. The summed E-state index contributed by atoms with van der Waals surface area (Å²) in [5.41, 5.74) is 1.80. The van der Waals surface area contributed by atoms with Crippen molar-refractivity contribution in [2.24, 2.45) is 0 Å². The van der Waals surface area contributed by atoms with Crippen LogP contribution in [0.4, 0.5) is 5.69 Å². The highest BCUT2D eigenvalue weighted by molar-refractivity contribution is 7.24. The van der Waals surface area contributed by atoms with E-state index in [1.165, 1.54) is 22.7 Å². The van der Waals surface area contributed by atoms with Crippen LogP contribution >= 0.6 is 34.3 Å². The summed E-state index contributed by atoms with van der Waals surface area (Å²) in [7, 11) is 0. The highest BCUT2D eigenvalue weighted by Gasteiger charge is 2.18. The Bertz CT molecular complexity index is 1010. The Kier molecular flexibility index (Phi) is 6.49. The molecule has 0 fully saturated rings. The smallest absolute Gasteiger partial charge is 0.267 e. The molecule has 3 rings (SSSR count). The van der Waals surface area contributed by atoms with Gasteiger partial charge in [-0.2, -0.15) is 0 Å². The topological polar surface area (TPSA) is 62.3 Å². The van der Waals surface area contributed by atoms with Gasteiger partial charge in [0.05, 0.1) is 14.9 Å². The molecule has 1 N–H and O–H groups in total. The van der Waals surface area contributed by atoms with Crippen LogP contribution < -0.4 is 5.32 Å². The van der Waals surface area contributed by atoms with E-state index in [9.17, 15) is 9.59 Å². The first kappa shape index (κ1) is 20.5. The predicted molar refractivity (Wildman–Crippen MR) is 117 cm³/mol. The zero-order valence-corrected chi connectivity index (χ0v) is 18.2. The minimum Gasteiger partial charge on any atom is -0.339 e. The highest BCUT2D eigenvalue weighted by atomic mass is 35.5. The molecule has 1 aromatic carbocycles. The Labute approximate surface area is 177 Å². The first-order valence-corrected chi connectivity index (χ1v) is 10.9. The third-order valence-corrected chi connectivity index (χ3v) is 6.76. The summed E-state index contributed by atoms with van der Waals surface area (Å²) in [6.07, 6.45) is 0. The average molecular weight is 434 g/mol. The van der Waals surface area contributed by atoms with E-state index in [4.69, 9.17) is 11.6 Å². The molecule has 0 bridgehead atoms. The maximum Gasteiger partial charge on any atom is 0.267 e. The molecule has 5 nitrogen and oxygen atoms in total. The van der Waals surface area contributed by atoms with Crippen LogP contribution in [0.25, 0.3) is 9.88 Å². The number of hydrogen-bond donors (Lipinski definition) is 1. The first-order valence-electron chi connectivity index (χ1n) is 8.86. The first-order chi connectivity index (χ1) is 13.4. The number of anilines is 1. The van der Waals surface area contributed by atoms with Crippen molar-refractivity contribution in [2.75, 3.05) is 18.4 Å². The summed E-state index contributed by atoms with van der Waals surface area (Å²) >= 11 is 8.75. The largest absolute Gasteiger partial charge is 0.339 e. The minimum atomic E-state index is -0.239. The maximum absolute atomic E-state index is 12.8. The zero-order chi connectivity index (χ0) is 20.3. The van der Waals surface area contributed by atoms with Crippen molar-refractivity contribution in [2.45, 2.75) is 20.8 Å². The molecule has 0 aliphatic heterocycles. The molecule has 0 aliphatic carbocycles. The second-order valence-electron chi connectivity index (χ2n) is 6.05. The normalized spacial score (nSPS) is 10.7. The highest BCUT2D eigenvalue weighted by Crippen LogP contribution is 2.35. The lowest BCUT2D eigenvalue weighted by Crippen LogP contribution is -2.30. The molecular formula is C20H20ClN3O2S2. The maximum atomic E-state index is 12.8. The zero-order valence-electron chi connectivity index (χ0n) is 15.8. The monoisotopic (exact) mass is 433 g/mol. The molecule has 2 amide bonds. The molecule has 2 heterocycles. The number of thiazole rings is 1. The van der Waals surface area contributed by atoms with E-state index >= 15 is 0 Å². The Morgan fingerprint density at radius 1 is 1.14 bits per heavy atom. The summed E-state index contributed by atoms with van der Waals surface area (Å²) in [5.74, 6) is -0.289. The van der Waals surface area contributed by atoms with Crippen LogP contribution in [0.1, 0.15) is 39.6 Å². The van der Waals surface area contributed by atoms with Gasteiger partial charge in [-0.05, 0) is 51.1 Å². The molecule has 0 saturated heterocycles. The van der Waals surface area contributed by atoms with Crippen LogP contribution in [0.5, 0.6) is 0 Å². The van der Waals surface area contributed by atoms with Crippen molar-refractivity contribution < 1.29 is 9.59 Å². The van der Waals surface area contributed by atoms with Gasteiger partial charge >= 0.3 is 0 Å². The van der Waals surface area contributed by atoms with Gasteiger partial charge in [0, 0.05) is 24.3 Å². The van der Waals surface area contributed by atoms with Gasteiger partial charge in [-0.25, -0.2) is 4.98 Å². The second-order valence-corrected chi connectivity index (χ2v) is 8.76. The van der Waals surface area contributed by atoms with Crippen LogP contribution in [0, 0.1) is 6.92 Å². The Balaban J connectivity index is 1.79. The minimum absolute atomic E-state index is 0.0491. The van der Waals surface area contributed by atoms with Gasteiger partial charge in [0.2, 0.25) is 0 Å². The molecule has 0 spiro atoms. The number of carbonyl (C=O) groups excluding carboxylic acids is 2. The van der Waals surface area contributed by atoms with Gasteiger partial charge in [-0.15, -0.1) is 22.7 Å². The Morgan fingerprint density at radius 3 is 2.54 bits per heavy atom. The van der Waals surface area contributed by atoms with Crippen molar-refractivity contribution in [3.63, 3.8) is 0 Å². The lowest BCUT2D eigenvalue weighted by atomic mass is 10.1. The van der Waals surface area contributed by atoms with Crippen LogP contribution in [0.2, 0.25) is 4.34 Å². The van der Waals surface area contributed by atoms with Gasteiger partial charge in [-0.1, -0.05) is 17.7 Å². The number of amides is 2. The fourth-order valence-electron chi connectivity index (χ4n) is 2.75. The van der Waals surface area contributed by atoms with Crippen LogP contribution in [-0.4, -0.2) is 34.8 Å². The molecule has 2 aromatic heterocycles. The van der Waals surface area contributed by atoms with Crippen LogP contribution in [-0.2, 0) is 0 Å². The molecule has 0 atom stereocenters. The number of aromatic nitrogens is 1. The number of thiophene rings is 1. The fourth-order valence-corrected chi connectivity index (χ4v) is 4.81. The molecule has 0 radical (unpaired) electrons. The lowest BCUT2D eigenvalue weighted by Gasteiger charge is -2.19. The number of aryl methyl sites for hydroxylation is 1. The summed E-state index contributed by atoms with van der Waals surface area (Å²) in [6, 6.07) is 10.7. The summed E-state index contributed by atoms with van der Waals surface area (Å²) in [5, 5.41) is 3.65. The molecule has 28 heavy (non-hydrogen) atoms. The van der Waals surface area contributed by atoms with E-state index in [2.05, 4.69) is 10.3 Å². The van der Waals surface area contributed by atoms with Crippen molar-refractivity contribution >= 4 is 51.8 Å². The predicted octanol–water partition coefficient (Wildman–Crippen LogP) is 5.57.